The molecular formula is C25H27N3O4S. The predicted molar refractivity (Wildman–Crippen MR) is 132 cm³/mol. The molecule has 172 valence electrons. The average Bonchev–Trinajstić information content (AvgIpc) is 3.42. The fourth-order valence-corrected chi connectivity index (χ4v) is 4.58. The van der Waals surface area contributed by atoms with Crippen LogP contribution in [0.25, 0.3) is 6.08 Å². The second kappa shape index (κ2) is 9.62. The Labute approximate surface area is 199 Å². The third-order valence-corrected chi connectivity index (χ3v) is 6.35. The molecule has 1 amide bonds. The minimum absolute atomic E-state index is 0.148. The summed E-state index contributed by atoms with van der Waals surface area (Å²) in [6, 6.07) is 13.2. The summed E-state index contributed by atoms with van der Waals surface area (Å²) in [5.41, 5.74) is 4.16. The number of thiocarbonyl (C=S) groups is 1. The molecule has 0 atom stereocenters. The standard InChI is InChI=1S/C25H27N3O4S/c1-17-14-18(6-11-21(17)26-12-4-5-13-26)15-22-24(30)28(19-7-9-20(31-2)10-8-19)25(33)27(22)16-23(29)32-3/h6-11,14-15H,4-5,12-13,16H2,1-3H3/b22-15-. The molecule has 2 aliphatic heterocycles. The fourth-order valence-electron chi connectivity index (χ4n) is 4.22. The van der Waals surface area contributed by atoms with Crippen molar-refractivity contribution < 1.29 is 19.1 Å². The normalized spacial score (nSPS) is 17.3. The lowest BCUT2D eigenvalue weighted by Gasteiger charge is -2.21. The largest absolute Gasteiger partial charge is 0.497 e. The second-order valence-corrected chi connectivity index (χ2v) is 8.42. The van der Waals surface area contributed by atoms with Crippen LogP contribution in [0.2, 0.25) is 0 Å². The van der Waals surface area contributed by atoms with Gasteiger partial charge in [0.25, 0.3) is 5.91 Å². The van der Waals surface area contributed by atoms with Gasteiger partial charge in [-0.1, -0.05) is 6.07 Å². The number of aryl methyl sites for hydroxylation is 1. The molecule has 2 aliphatic rings. The van der Waals surface area contributed by atoms with Crippen LogP contribution in [0.3, 0.4) is 0 Å². The molecule has 0 unspecified atom stereocenters. The van der Waals surface area contributed by atoms with Crippen LogP contribution in [-0.4, -0.2) is 55.7 Å². The van der Waals surface area contributed by atoms with E-state index in [1.807, 2.05) is 6.07 Å². The summed E-state index contributed by atoms with van der Waals surface area (Å²) in [5.74, 6) is -0.101. The first-order valence-electron chi connectivity index (χ1n) is 10.9. The Bertz CT molecular complexity index is 1110. The summed E-state index contributed by atoms with van der Waals surface area (Å²) in [5, 5.41) is 0.229. The number of amides is 1. The van der Waals surface area contributed by atoms with Crippen molar-refractivity contribution in [2.45, 2.75) is 19.8 Å². The molecule has 0 radical (unpaired) electrons. The molecule has 0 N–H and O–H groups in total. The predicted octanol–water partition coefficient (Wildman–Crippen LogP) is 3.75. The number of carbonyl (C=O) groups is 2. The van der Waals surface area contributed by atoms with Crippen LogP contribution in [0.15, 0.2) is 48.2 Å². The maximum Gasteiger partial charge on any atom is 0.325 e. The monoisotopic (exact) mass is 465 g/mol. The number of rotatable bonds is 6. The van der Waals surface area contributed by atoms with E-state index in [1.165, 1.54) is 35.4 Å². The zero-order valence-electron chi connectivity index (χ0n) is 19.0. The molecule has 0 aliphatic carbocycles. The number of ether oxygens (including phenoxy) is 2. The molecule has 8 heteroatoms. The highest BCUT2D eigenvalue weighted by molar-refractivity contribution is 7.80. The van der Waals surface area contributed by atoms with Crippen molar-refractivity contribution in [3.8, 4) is 5.75 Å². The maximum absolute atomic E-state index is 13.5. The van der Waals surface area contributed by atoms with Crippen molar-refractivity contribution in [2.24, 2.45) is 0 Å². The molecule has 2 aromatic rings. The van der Waals surface area contributed by atoms with E-state index in [0.717, 1.165) is 24.2 Å². The second-order valence-electron chi connectivity index (χ2n) is 8.05. The SMILES string of the molecule is COC(=O)CN1C(=S)N(c2ccc(OC)cc2)C(=O)/C1=C/c1ccc(N2CCCC2)c(C)c1. The van der Waals surface area contributed by atoms with E-state index >= 15 is 0 Å². The van der Waals surface area contributed by atoms with Crippen molar-refractivity contribution in [3.05, 3.63) is 59.3 Å². The number of methoxy groups -OCH3 is 2. The summed E-state index contributed by atoms with van der Waals surface area (Å²) in [4.78, 5) is 30.9. The first-order valence-corrected chi connectivity index (χ1v) is 11.3. The third kappa shape index (κ3) is 4.57. The molecule has 33 heavy (non-hydrogen) atoms. The van der Waals surface area contributed by atoms with Crippen LogP contribution in [0, 0.1) is 6.92 Å². The van der Waals surface area contributed by atoms with Gasteiger partial charge in [0.2, 0.25) is 0 Å². The van der Waals surface area contributed by atoms with Gasteiger partial charge < -0.3 is 19.3 Å². The number of nitrogens with zero attached hydrogens (tertiary/aromatic N) is 3. The van der Waals surface area contributed by atoms with Crippen LogP contribution in [0.4, 0.5) is 11.4 Å². The van der Waals surface area contributed by atoms with Crippen molar-refractivity contribution >= 4 is 46.7 Å². The maximum atomic E-state index is 13.5. The van der Waals surface area contributed by atoms with Gasteiger partial charge in [-0.2, -0.15) is 0 Å². The zero-order chi connectivity index (χ0) is 23.5. The Kier molecular flexibility index (Phi) is 6.65. The van der Waals surface area contributed by atoms with Gasteiger partial charge in [0.15, 0.2) is 5.11 Å². The molecule has 0 saturated carbocycles. The molecule has 4 rings (SSSR count). The van der Waals surface area contributed by atoms with E-state index in [4.69, 9.17) is 21.7 Å². The molecule has 2 fully saturated rings. The van der Waals surface area contributed by atoms with E-state index < -0.39 is 5.97 Å². The Morgan fingerprint density at radius 2 is 1.79 bits per heavy atom. The summed E-state index contributed by atoms with van der Waals surface area (Å²) in [6.07, 6.45) is 4.20. The molecule has 2 aromatic carbocycles. The van der Waals surface area contributed by atoms with Gasteiger partial charge in [0.1, 0.15) is 18.0 Å². The van der Waals surface area contributed by atoms with Gasteiger partial charge in [-0.25, -0.2) is 0 Å². The Morgan fingerprint density at radius 1 is 1.09 bits per heavy atom. The summed E-state index contributed by atoms with van der Waals surface area (Å²) < 4.78 is 10.0. The lowest BCUT2D eigenvalue weighted by Crippen LogP contribution is -2.35. The molecule has 2 saturated heterocycles. The van der Waals surface area contributed by atoms with Crippen molar-refractivity contribution in [1.29, 1.82) is 0 Å². The Hall–Kier alpha value is -3.39. The highest BCUT2D eigenvalue weighted by Crippen LogP contribution is 2.31. The van der Waals surface area contributed by atoms with Crippen molar-refractivity contribution in [1.82, 2.24) is 4.90 Å². The topological polar surface area (TPSA) is 62.3 Å². The van der Waals surface area contributed by atoms with Gasteiger partial charge in [0, 0.05) is 18.8 Å². The van der Waals surface area contributed by atoms with E-state index in [9.17, 15) is 9.59 Å². The molecule has 0 spiro atoms. The number of hydrogen-bond donors (Lipinski definition) is 0. The van der Waals surface area contributed by atoms with Gasteiger partial charge in [-0.05, 0) is 85.6 Å². The molecular weight excluding hydrogens is 438 g/mol. The highest BCUT2D eigenvalue weighted by Gasteiger charge is 2.40. The number of benzene rings is 2. The minimum Gasteiger partial charge on any atom is -0.497 e. The van der Waals surface area contributed by atoms with E-state index in [2.05, 4.69) is 24.0 Å². The average molecular weight is 466 g/mol. The molecule has 0 bridgehead atoms. The molecule has 0 aromatic heterocycles. The fraction of sp³-hybridized carbons (Fsp3) is 0.320. The minimum atomic E-state index is -0.479. The number of carbonyl (C=O) groups excluding carboxylic acids is 2. The van der Waals surface area contributed by atoms with Gasteiger partial charge in [-0.3, -0.25) is 14.5 Å². The zero-order valence-corrected chi connectivity index (χ0v) is 19.9. The van der Waals surface area contributed by atoms with Crippen LogP contribution >= 0.6 is 12.2 Å². The lowest BCUT2D eigenvalue weighted by atomic mass is 10.1. The molecule has 2 heterocycles. The first kappa shape index (κ1) is 22.8. The van der Waals surface area contributed by atoms with E-state index in [-0.39, 0.29) is 17.6 Å². The van der Waals surface area contributed by atoms with Crippen LogP contribution in [0.1, 0.15) is 24.0 Å². The Morgan fingerprint density at radius 3 is 2.39 bits per heavy atom. The van der Waals surface area contributed by atoms with Gasteiger partial charge >= 0.3 is 5.97 Å². The van der Waals surface area contributed by atoms with Crippen molar-refractivity contribution in [2.75, 3.05) is 43.7 Å². The summed E-state index contributed by atoms with van der Waals surface area (Å²) in [6.45, 7) is 4.06. The first-order chi connectivity index (χ1) is 15.9. The quantitative estimate of drug-likeness (QED) is 0.366. The highest BCUT2D eigenvalue weighted by atomic mass is 32.1. The number of hydrogen-bond acceptors (Lipinski definition) is 6. The van der Waals surface area contributed by atoms with E-state index in [0.29, 0.717) is 17.1 Å². The summed E-state index contributed by atoms with van der Waals surface area (Å²) >= 11 is 5.61. The lowest BCUT2D eigenvalue weighted by molar-refractivity contribution is -0.140. The van der Waals surface area contributed by atoms with Crippen LogP contribution in [0.5, 0.6) is 5.75 Å². The van der Waals surface area contributed by atoms with Crippen molar-refractivity contribution in [3.63, 3.8) is 0 Å². The number of esters is 1. The molecule has 7 nitrogen and oxygen atoms in total. The summed E-state index contributed by atoms with van der Waals surface area (Å²) in [7, 11) is 2.89. The van der Waals surface area contributed by atoms with Crippen LogP contribution < -0.4 is 14.5 Å². The van der Waals surface area contributed by atoms with Gasteiger partial charge in [-0.15, -0.1) is 0 Å². The van der Waals surface area contributed by atoms with Crippen LogP contribution in [-0.2, 0) is 14.3 Å². The van der Waals surface area contributed by atoms with Gasteiger partial charge in [0.05, 0.1) is 19.9 Å². The Balaban J connectivity index is 1.69. The third-order valence-electron chi connectivity index (χ3n) is 5.95. The smallest absolute Gasteiger partial charge is 0.325 e. The van der Waals surface area contributed by atoms with E-state index in [1.54, 1.807) is 37.5 Å². The number of anilines is 2.